The average Bonchev–Trinajstić information content (AvgIpc) is 2.46. The topological polar surface area (TPSA) is 0 Å². The van der Waals surface area contributed by atoms with Crippen LogP contribution in [-0.2, 0) is 0 Å². The van der Waals surface area contributed by atoms with Crippen LogP contribution in [0.5, 0.6) is 0 Å². The molecule has 0 bridgehead atoms. The first-order valence-corrected chi connectivity index (χ1v) is 10.3. The monoisotopic (exact) mass is 347 g/mol. The highest BCUT2D eigenvalue weighted by molar-refractivity contribution is 4.56. The van der Waals surface area contributed by atoms with Crippen molar-refractivity contribution in [2.24, 2.45) is 0 Å². The number of unbranched alkanes of at least 4 members (excludes halogenated alkanes) is 12. The normalized spacial score (nSPS) is 12.9. The second-order valence-corrected chi connectivity index (χ2v) is 8.21. The first-order valence-electron chi connectivity index (χ1n) is 10.3. The number of nitrogens with zero attached hydrogens (tertiary/aromatic N) is 1. The van der Waals surface area contributed by atoms with Gasteiger partial charge in [-0.15, -0.1) is 0 Å². The molecule has 1 atom stereocenters. The van der Waals surface area contributed by atoms with Crippen LogP contribution in [0.3, 0.4) is 0 Å². The molecule has 0 heterocycles. The molecule has 0 aliphatic carbocycles. The summed E-state index contributed by atoms with van der Waals surface area (Å²) in [5.41, 5.74) is 0. The summed E-state index contributed by atoms with van der Waals surface area (Å²) in [7, 11) is 7.03. The van der Waals surface area contributed by atoms with E-state index in [1.807, 2.05) is 0 Å². The van der Waals surface area contributed by atoms with Gasteiger partial charge in [0.15, 0.2) is 0 Å². The molecule has 0 saturated heterocycles. The minimum atomic E-state index is 0. The van der Waals surface area contributed by atoms with Crippen molar-refractivity contribution >= 4 is 0 Å². The Bertz CT molecular complexity index is 222. The SMILES string of the molecule is CCCCCCCCCCCCCCCC(CC)[N+](C)(C)C.[Cl-]. The van der Waals surface area contributed by atoms with Gasteiger partial charge in [0.2, 0.25) is 0 Å². The molecule has 2 heteroatoms. The molecule has 0 N–H and O–H groups in total. The predicted molar refractivity (Wildman–Crippen MR) is 102 cm³/mol. The summed E-state index contributed by atoms with van der Waals surface area (Å²) >= 11 is 0. The van der Waals surface area contributed by atoms with Gasteiger partial charge in [0.25, 0.3) is 0 Å². The van der Waals surface area contributed by atoms with Crippen molar-refractivity contribution in [2.45, 2.75) is 116 Å². The van der Waals surface area contributed by atoms with Crippen LogP contribution in [0, 0.1) is 0 Å². The summed E-state index contributed by atoms with van der Waals surface area (Å²) in [5.74, 6) is 0. The zero-order valence-corrected chi connectivity index (χ0v) is 17.8. The Hall–Kier alpha value is 0.250. The smallest absolute Gasteiger partial charge is 0.0881 e. The predicted octanol–water partition coefficient (Wildman–Crippen LogP) is 3.96. The maximum Gasteiger partial charge on any atom is 0.0881 e. The minimum Gasteiger partial charge on any atom is -1.00 e. The molecule has 0 fully saturated rings. The molecule has 142 valence electrons. The molecule has 0 radical (unpaired) electrons. The quantitative estimate of drug-likeness (QED) is 0.293. The highest BCUT2D eigenvalue weighted by atomic mass is 35.5. The van der Waals surface area contributed by atoms with E-state index in [9.17, 15) is 0 Å². The summed E-state index contributed by atoms with van der Waals surface area (Å²) in [6.45, 7) is 4.64. The third-order valence-electron chi connectivity index (χ3n) is 5.21. The average molecular weight is 348 g/mol. The number of hydrogen-bond acceptors (Lipinski definition) is 0. The van der Waals surface area contributed by atoms with Gasteiger partial charge in [-0.2, -0.15) is 0 Å². The van der Waals surface area contributed by atoms with Crippen molar-refractivity contribution in [1.82, 2.24) is 0 Å². The first-order chi connectivity index (χ1) is 10.5. The van der Waals surface area contributed by atoms with Crippen molar-refractivity contribution in [3.8, 4) is 0 Å². The second kappa shape index (κ2) is 17.1. The molecule has 23 heavy (non-hydrogen) atoms. The Balaban J connectivity index is 0. The van der Waals surface area contributed by atoms with Crippen LogP contribution in [-0.4, -0.2) is 31.7 Å². The van der Waals surface area contributed by atoms with E-state index in [0.29, 0.717) is 0 Å². The fourth-order valence-electron chi connectivity index (χ4n) is 3.54. The van der Waals surface area contributed by atoms with Gasteiger partial charge in [-0.05, 0) is 19.3 Å². The van der Waals surface area contributed by atoms with Crippen molar-refractivity contribution in [3.63, 3.8) is 0 Å². The molecule has 1 unspecified atom stereocenters. The largest absolute Gasteiger partial charge is 1.00 e. The van der Waals surface area contributed by atoms with Crippen LogP contribution in [0.4, 0.5) is 0 Å². The van der Waals surface area contributed by atoms with E-state index in [-0.39, 0.29) is 12.4 Å². The van der Waals surface area contributed by atoms with Crippen LogP contribution >= 0.6 is 0 Å². The van der Waals surface area contributed by atoms with E-state index in [4.69, 9.17) is 0 Å². The van der Waals surface area contributed by atoms with Crippen molar-refractivity contribution in [1.29, 1.82) is 0 Å². The van der Waals surface area contributed by atoms with Crippen molar-refractivity contribution in [3.05, 3.63) is 0 Å². The number of hydrogen-bond donors (Lipinski definition) is 0. The van der Waals surface area contributed by atoms with E-state index >= 15 is 0 Å². The van der Waals surface area contributed by atoms with E-state index in [1.165, 1.54) is 96.3 Å². The van der Waals surface area contributed by atoms with E-state index in [0.717, 1.165) is 10.5 Å². The second-order valence-electron chi connectivity index (χ2n) is 8.21. The Morgan fingerprint density at radius 3 is 1.22 bits per heavy atom. The van der Waals surface area contributed by atoms with Crippen LogP contribution in [0.1, 0.15) is 110 Å². The van der Waals surface area contributed by atoms with Crippen LogP contribution in [0.15, 0.2) is 0 Å². The summed E-state index contributed by atoms with van der Waals surface area (Å²) < 4.78 is 1.13. The molecule has 0 aromatic carbocycles. The Labute approximate surface area is 154 Å². The highest BCUT2D eigenvalue weighted by Gasteiger charge is 2.20. The van der Waals surface area contributed by atoms with Gasteiger partial charge in [-0.1, -0.05) is 90.9 Å². The van der Waals surface area contributed by atoms with E-state index < -0.39 is 0 Å². The molecule has 0 rings (SSSR count). The fraction of sp³-hybridized carbons (Fsp3) is 1.00. The Morgan fingerprint density at radius 1 is 0.565 bits per heavy atom. The van der Waals surface area contributed by atoms with Gasteiger partial charge >= 0.3 is 0 Å². The van der Waals surface area contributed by atoms with Crippen LogP contribution in [0.25, 0.3) is 0 Å². The number of quaternary nitrogens is 1. The first kappa shape index (κ1) is 25.5. The molecular weight excluding hydrogens is 302 g/mol. The summed E-state index contributed by atoms with van der Waals surface area (Å²) in [4.78, 5) is 0. The maximum absolute atomic E-state index is 2.34. The maximum atomic E-state index is 2.34. The standard InChI is InChI=1S/C21H46N.ClH/c1-6-8-9-10-11-12-13-14-15-16-17-18-19-20-21(7-2)22(3,4)5;/h21H,6-20H2,1-5H3;1H/q+1;/p-1. The van der Waals surface area contributed by atoms with Gasteiger partial charge in [-0.25, -0.2) is 0 Å². The molecule has 1 nitrogen and oxygen atoms in total. The van der Waals surface area contributed by atoms with Gasteiger partial charge in [-0.3, -0.25) is 0 Å². The van der Waals surface area contributed by atoms with Crippen molar-refractivity contribution < 1.29 is 16.9 Å². The van der Waals surface area contributed by atoms with Gasteiger partial charge in [0.1, 0.15) is 0 Å². The molecule has 0 aliphatic heterocycles. The van der Waals surface area contributed by atoms with Crippen LogP contribution < -0.4 is 12.4 Å². The van der Waals surface area contributed by atoms with E-state index in [2.05, 4.69) is 35.0 Å². The third kappa shape index (κ3) is 16.9. The number of halogens is 1. The Morgan fingerprint density at radius 2 is 0.913 bits per heavy atom. The lowest BCUT2D eigenvalue weighted by molar-refractivity contribution is -0.896. The lowest BCUT2D eigenvalue weighted by Gasteiger charge is -2.33. The van der Waals surface area contributed by atoms with Crippen LogP contribution in [0.2, 0.25) is 0 Å². The number of rotatable bonds is 16. The van der Waals surface area contributed by atoms with E-state index in [1.54, 1.807) is 0 Å². The lowest BCUT2D eigenvalue weighted by atomic mass is 10.0. The summed E-state index contributed by atoms with van der Waals surface area (Å²) in [6, 6.07) is 0.854. The van der Waals surface area contributed by atoms with Gasteiger partial charge in [0.05, 0.1) is 27.2 Å². The van der Waals surface area contributed by atoms with Gasteiger partial charge < -0.3 is 16.9 Å². The fourth-order valence-corrected chi connectivity index (χ4v) is 3.54. The zero-order valence-electron chi connectivity index (χ0n) is 17.0. The molecular formula is C21H46ClN. The third-order valence-corrected chi connectivity index (χ3v) is 5.21. The lowest BCUT2D eigenvalue weighted by Crippen LogP contribution is -3.00. The van der Waals surface area contributed by atoms with Crippen molar-refractivity contribution in [2.75, 3.05) is 21.1 Å². The summed E-state index contributed by atoms with van der Waals surface area (Å²) in [5, 5.41) is 0. The van der Waals surface area contributed by atoms with Gasteiger partial charge in [0, 0.05) is 0 Å². The Kier molecular flexibility index (Phi) is 18.9. The molecule has 0 aliphatic rings. The zero-order chi connectivity index (χ0) is 16.7. The summed E-state index contributed by atoms with van der Waals surface area (Å²) in [6.07, 6.45) is 21.7. The molecule has 0 aromatic rings. The highest BCUT2D eigenvalue weighted by Crippen LogP contribution is 2.17. The minimum absolute atomic E-state index is 0. The molecule has 0 saturated carbocycles. The molecule has 0 aromatic heterocycles. The molecule has 0 amide bonds. The molecule has 0 spiro atoms.